The van der Waals surface area contributed by atoms with Gasteiger partial charge in [-0.25, -0.2) is 9.97 Å². The summed E-state index contributed by atoms with van der Waals surface area (Å²) in [7, 11) is 1.65. The first kappa shape index (κ1) is 15.1. The second-order valence-corrected chi connectivity index (χ2v) is 4.78. The molecule has 1 heterocycles. The topological polar surface area (TPSA) is 72.3 Å². The number of aromatic nitrogens is 2. The van der Waals surface area contributed by atoms with Gasteiger partial charge < -0.3 is 9.84 Å². The maximum absolute atomic E-state index is 11.3. The molecule has 0 aliphatic carbocycles. The summed E-state index contributed by atoms with van der Waals surface area (Å²) in [5.41, 5.74) is 2.61. The van der Waals surface area contributed by atoms with Gasteiger partial charge in [0.1, 0.15) is 18.2 Å². The number of rotatable bonds is 6. The van der Waals surface area contributed by atoms with Crippen molar-refractivity contribution < 1.29 is 14.6 Å². The summed E-state index contributed by atoms with van der Waals surface area (Å²) in [5, 5.41) is 8.77. The number of aliphatic hydroxyl groups excluding tert-OH is 1. The van der Waals surface area contributed by atoms with Gasteiger partial charge in [0.15, 0.2) is 5.78 Å². The Morgan fingerprint density at radius 1 is 1.24 bits per heavy atom. The number of nitrogens with zero attached hydrogens (tertiary/aromatic N) is 2. The zero-order valence-electron chi connectivity index (χ0n) is 12.2. The van der Waals surface area contributed by atoms with Crippen LogP contribution in [0.4, 0.5) is 0 Å². The summed E-state index contributed by atoms with van der Waals surface area (Å²) < 4.78 is 5.34. The number of methoxy groups -OCH3 is 1. The SMILES string of the molecule is COc1ccc(C)cc1CCc1ncc(C(=O)CO)cn1. The predicted octanol–water partition coefficient (Wildman–Crippen LogP) is 1.75. The standard InChI is InChI=1S/C16H18N2O3/c1-11-3-5-15(21-2)12(7-11)4-6-16-17-8-13(9-18-16)14(20)10-19/h3,5,7-9,19H,4,6,10H2,1-2H3. The Hall–Kier alpha value is -2.27. The van der Waals surface area contributed by atoms with Crippen molar-refractivity contribution in [3.8, 4) is 5.75 Å². The van der Waals surface area contributed by atoms with Crippen molar-refractivity contribution in [2.75, 3.05) is 13.7 Å². The van der Waals surface area contributed by atoms with Gasteiger partial charge in [-0.2, -0.15) is 0 Å². The number of hydrogen-bond acceptors (Lipinski definition) is 5. The zero-order valence-corrected chi connectivity index (χ0v) is 12.2. The fourth-order valence-electron chi connectivity index (χ4n) is 2.07. The first-order chi connectivity index (χ1) is 10.1. The van der Waals surface area contributed by atoms with Crippen molar-refractivity contribution in [3.05, 3.63) is 53.1 Å². The van der Waals surface area contributed by atoms with E-state index in [1.165, 1.54) is 18.0 Å². The maximum atomic E-state index is 11.3. The lowest BCUT2D eigenvalue weighted by Crippen LogP contribution is -2.07. The van der Waals surface area contributed by atoms with Crippen LogP contribution >= 0.6 is 0 Å². The molecule has 5 heteroatoms. The highest BCUT2D eigenvalue weighted by molar-refractivity contribution is 5.96. The quantitative estimate of drug-likeness (QED) is 0.819. The number of ether oxygens (including phenoxy) is 1. The molecule has 1 N–H and O–H groups in total. The van der Waals surface area contributed by atoms with Crippen LogP contribution in [0.15, 0.2) is 30.6 Å². The lowest BCUT2D eigenvalue weighted by Gasteiger charge is -2.09. The van der Waals surface area contributed by atoms with Crippen LogP contribution in [0.1, 0.15) is 27.3 Å². The number of aliphatic hydroxyl groups is 1. The Morgan fingerprint density at radius 2 is 1.95 bits per heavy atom. The molecule has 0 fully saturated rings. The Kier molecular flexibility index (Phi) is 5.00. The molecular formula is C16H18N2O3. The number of carbonyl (C=O) groups is 1. The second-order valence-electron chi connectivity index (χ2n) is 4.78. The third-order valence-corrected chi connectivity index (χ3v) is 3.22. The van der Waals surface area contributed by atoms with Gasteiger partial charge >= 0.3 is 0 Å². The Bertz CT molecular complexity index is 624. The molecule has 0 radical (unpaired) electrons. The minimum absolute atomic E-state index is 0.328. The Balaban J connectivity index is 2.06. The van der Waals surface area contributed by atoms with E-state index in [-0.39, 0.29) is 5.78 Å². The van der Waals surface area contributed by atoms with E-state index < -0.39 is 6.61 Å². The monoisotopic (exact) mass is 286 g/mol. The first-order valence-electron chi connectivity index (χ1n) is 6.72. The lowest BCUT2D eigenvalue weighted by atomic mass is 10.1. The van der Waals surface area contributed by atoms with Crippen LogP contribution in [0, 0.1) is 6.92 Å². The molecule has 1 aromatic heterocycles. The van der Waals surface area contributed by atoms with Gasteiger partial charge in [0, 0.05) is 18.8 Å². The van der Waals surface area contributed by atoms with Gasteiger partial charge in [-0.15, -0.1) is 0 Å². The van der Waals surface area contributed by atoms with Gasteiger partial charge in [-0.3, -0.25) is 4.79 Å². The molecule has 0 saturated carbocycles. The molecular weight excluding hydrogens is 268 g/mol. The van der Waals surface area contributed by atoms with Crippen molar-refractivity contribution in [2.24, 2.45) is 0 Å². The van der Waals surface area contributed by atoms with Gasteiger partial charge in [0.25, 0.3) is 0 Å². The average Bonchev–Trinajstić information content (AvgIpc) is 2.52. The molecule has 2 rings (SSSR count). The number of ketones is 1. The number of benzene rings is 1. The molecule has 0 spiro atoms. The minimum Gasteiger partial charge on any atom is -0.496 e. The van der Waals surface area contributed by atoms with Gasteiger partial charge in [-0.1, -0.05) is 17.7 Å². The number of aryl methyl sites for hydroxylation is 3. The summed E-state index contributed by atoms with van der Waals surface area (Å²) in [4.78, 5) is 19.6. The number of carbonyl (C=O) groups excluding carboxylic acids is 1. The smallest absolute Gasteiger partial charge is 0.191 e. The molecule has 0 unspecified atom stereocenters. The third kappa shape index (κ3) is 3.86. The van der Waals surface area contributed by atoms with E-state index in [2.05, 4.69) is 16.0 Å². The highest BCUT2D eigenvalue weighted by Crippen LogP contribution is 2.21. The van der Waals surface area contributed by atoms with Crippen molar-refractivity contribution >= 4 is 5.78 Å². The Labute approximate surface area is 123 Å². The Morgan fingerprint density at radius 3 is 2.57 bits per heavy atom. The maximum Gasteiger partial charge on any atom is 0.191 e. The van der Waals surface area contributed by atoms with Gasteiger partial charge in [0.2, 0.25) is 0 Å². The summed E-state index contributed by atoms with van der Waals surface area (Å²) in [6.45, 7) is 1.51. The van der Waals surface area contributed by atoms with Gasteiger partial charge in [-0.05, 0) is 25.0 Å². The molecule has 0 amide bonds. The van der Waals surface area contributed by atoms with E-state index in [4.69, 9.17) is 9.84 Å². The fraction of sp³-hybridized carbons (Fsp3) is 0.312. The fourth-order valence-corrected chi connectivity index (χ4v) is 2.07. The molecule has 1 aromatic carbocycles. The number of Topliss-reactive ketones (excluding diaryl/α,β-unsaturated/α-hetero) is 1. The summed E-state index contributed by atoms with van der Waals surface area (Å²) >= 11 is 0. The molecule has 0 aliphatic heterocycles. The van der Waals surface area contributed by atoms with E-state index >= 15 is 0 Å². The normalized spacial score (nSPS) is 10.4. The highest BCUT2D eigenvalue weighted by Gasteiger charge is 2.07. The summed E-state index contributed by atoms with van der Waals surface area (Å²) in [6, 6.07) is 6.05. The molecule has 0 aliphatic rings. The van der Waals surface area contributed by atoms with Crippen LogP contribution < -0.4 is 4.74 Å². The van der Waals surface area contributed by atoms with Crippen molar-refractivity contribution in [1.82, 2.24) is 9.97 Å². The first-order valence-corrected chi connectivity index (χ1v) is 6.72. The van der Waals surface area contributed by atoms with E-state index in [0.29, 0.717) is 17.8 Å². The van der Waals surface area contributed by atoms with E-state index in [1.807, 2.05) is 19.1 Å². The molecule has 0 bridgehead atoms. The highest BCUT2D eigenvalue weighted by atomic mass is 16.5. The van der Waals surface area contributed by atoms with Crippen LogP contribution in [-0.2, 0) is 12.8 Å². The van der Waals surface area contributed by atoms with Crippen molar-refractivity contribution in [1.29, 1.82) is 0 Å². The minimum atomic E-state index is -0.525. The molecule has 5 nitrogen and oxygen atoms in total. The summed E-state index contributed by atoms with van der Waals surface area (Å²) in [5.74, 6) is 1.14. The van der Waals surface area contributed by atoms with E-state index in [1.54, 1.807) is 7.11 Å². The van der Waals surface area contributed by atoms with Crippen LogP contribution in [0.3, 0.4) is 0 Å². The van der Waals surface area contributed by atoms with Crippen LogP contribution in [0.2, 0.25) is 0 Å². The predicted molar refractivity (Wildman–Crippen MR) is 78.6 cm³/mol. The van der Waals surface area contributed by atoms with E-state index in [9.17, 15) is 4.79 Å². The van der Waals surface area contributed by atoms with Crippen LogP contribution in [-0.4, -0.2) is 34.6 Å². The lowest BCUT2D eigenvalue weighted by molar-refractivity contribution is 0.0903. The zero-order chi connectivity index (χ0) is 15.2. The van der Waals surface area contributed by atoms with Gasteiger partial charge in [0.05, 0.1) is 12.7 Å². The second kappa shape index (κ2) is 6.95. The van der Waals surface area contributed by atoms with Crippen molar-refractivity contribution in [3.63, 3.8) is 0 Å². The summed E-state index contributed by atoms with van der Waals surface area (Å²) in [6.07, 6.45) is 4.33. The van der Waals surface area contributed by atoms with Crippen molar-refractivity contribution in [2.45, 2.75) is 19.8 Å². The third-order valence-electron chi connectivity index (χ3n) is 3.22. The average molecular weight is 286 g/mol. The molecule has 0 saturated heterocycles. The van der Waals surface area contributed by atoms with E-state index in [0.717, 1.165) is 17.7 Å². The molecule has 0 atom stereocenters. The molecule has 21 heavy (non-hydrogen) atoms. The van der Waals surface area contributed by atoms with Crippen LogP contribution in [0.5, 0.6) is 5.75 Å². The largest absolute Gasteiger partial charge is 0.496 e. The number of hydrogen-bond donors (Lipinski definition) is 1. The molecule has 2 aromatic rings. The molecule has 110 valence electrons. The van der Waals surface area contributed by atoms with Crippen LogP contribution in [0.25, 0.3) is 0 Å².